The number of nitrogens with two attached hydrogens (primary N) is 1. The van der Waals surface area contributed by atoms with Crippen molar-refractivity contribution in [3.05, 3.63) is 187 Å². The van der Waals surface area contributed by atoms with Gasteiger partial charge in [0.25, 0.3) is 0 Å². The van der Waals surface area contributed by atoms with Gasteiger partial charge in [-0.3, -0.25) is 0 Å². The molecule has 4 heteroatoms. The predicted octanol–water partition coefficient (Wildman–Crippen LogP) is 12.7. The van der Waals surface area contributed by atoms with Crippen molar-refractivity contribution in [1.82, 2.24) is 9.13 Å². The first kappa shape index (κ1) is 29.7. The van der Waals surface area contributed by atoms with Gasteiger partial charge >= 0.3 is 0 Å². The molecule has 0 aliphatic heterocycles. The van der Waals surface area contributed by atoms with E-state index in [-0.39, 0.29) is 0 Å². The summed E-state index contributed by atoms with van der Waals surface area (Å²) in [4.78, 5) is 0. The molecule has 0 atom stereocenters. The molecule has 2 N–H and O–H groups in total. The maximum Gasteiger partial charge on any atom is 0.159 e. The minimum absolute atomic E-state index is 0.606. The first-order valence-corrected chi connectivity index (χ1v) is 18.1. The number of hydrogen-bond donors (Lipinski definition) is 1. The summed E-state index contributed by atoms with van der Waals surface area (Å²) < 4.78 is 11.6. The summed E-state index contributed by atoms with van der Waals surface area (Å²) in [6.45, 7) is 0.606. The molecule has 0 spiro atoms. The van der Waals surface area contributed by atoms with Gasteiger partial charge in [-0.05, 0) is 70.4 Å². The third-order valence-corrected chi connectivity index (χ3v) is 11.0. The van der Waals surface area contributed by atoms with Crippen LogP contribution in [0.5, 0.6) is 0 Å². The van der Waals surface area contributed by atoms with Crippen LogP contribution < -0.4 is 5.73 Å². The van der Waals surface area contributed by atoms with E-state index in [0.29, 0.717) is 6.54 Å². The zero-order valence-corrected chi connectivity index (χ0v) is 28.8. The highest BCUT2D eigenvalue weighted by molar-refractivity contribution is 6.27. The van der Waals surface area contributed by atoms with E-state index in [2.05, 4.69) is 167 Å². The SMILES string of the molecule is Nc1ccccc1/C(=C\Cn1c2cc3c(cc2c2ccc4c5ccccc5oc4c21)c1c2ccccc2ccc1n3-c1ccccc1)c1ccccc1. The third-order valence-electron chi connectivity index (χ3n) is 11.0. The summed E-state index contributed by atoms with van der Waals surface area (Å²) in [5.74, 6) is 0. The van der Waals surface area contributed by atoms with Gasteiger partial charge in [-0.15, -0.1) is 0 Å². The molecule has 11 rings (SSSR count). The maximum absolute atomic E-state index is 6.76. The molecular weight excluding hydrogens is 647 g/mol. The lowest BCUT2D eigenvalue weighted by Gasteiger charge is -2.13. The Morgan fingerprint density at radius 3 is 2.11 bits per heavy atom. The number of fused-ring (bicyclic) bond motifs is 12. The average Bonchev–Trinajstić information content (AvgIpc) is 3.86. The summed E-state index contributed by atoms with van der Waals surface area (Å²) in [5, 5.41) is 9.59. The van der Waals surface area contributed by atoms with Crippen LogP contribution in [0.2, 0.25) is 0 Å². The van der Waals surface area contributed by atoms with Gasteiger partial charge in [0.1, 0.15) is 5.58 Å². The molecule has 0 amide bonds. The van der Waals surface area contributed by atoms with Crippen LogP contribution in [-0.2, 0) is 6.54 Å². The van der Waals surface area contributed by atoms with Crippen LogP contribution in [0.1, 0.15) is 11.1 Å². The van der Waals surface area contributed by atoms with Gasteiger partial charge in [-0.1, -0.05) is 127 Å². The number of nitrogen functional groups attached to an aromatic ring is 1. The Labute approximate surface area is 305 Å². The summed E-state index contributed by atoms with van der Waals surface area (Å²) in [7, 11) is 0. The molecule has 3 aromatic heterocycles. The number of allylic oxidation sites excluding steroid dienone is 1. The van der Waals surface area contributed by atoms with E-state index in [1.54, 1.807) is 0 Å². The minimum Gasteiger partial charge on any atom is -0.454 e. The number of aromatic nitrogens is 2. The zero-order valence-electron chi connectivity index (χ0n) is 28.8. The molecule has 3 heterocycles. The van der Waals surface area contributed by atoms with E-state index in [1.807, 2.05) is 18.2 Å². The molecule has 0 saturated carbocycles. The Hall–Kier alpha value is -7.04. The summed E-state index contributed by atoms with van der Waals surface area (Å²) in [6.07, 6.45) is 2.33. The van der Waals surface area contributed by atoms with Crippen molar-refractivity contribution in [2.45, 2.75) is 6.54 Å². The number of furan rings is 1. The maximum atomic E-state index is 6.76. The van der Waals surface area contributed by atoms with E-state index in [0.717, 1.165) is 61.0 Å². The fraction of sp³-hybridized carbons (Fsp3) is 0.0204. The van der Waals surface area contributed by atoms with E-state index in [1.165, 1.54) is 43.4 Å². The van der Waals surface area contributed by atoms with Gasteiger partial charge in [-0.25, -0.2) is 0 Å². The normalized spacial score (nSPS) is 12.4. The number of anilines is 1. The van der Waals surface area contributed by atoms with E-state index in [4.69, 9.17) is 10.2 Å². The molecule has 0 saturated heterocycles. The smallest absolute Gasteiger partial charge is 0.159 e. The topological polar surface area (TPSA) is 49.0 Å². The highest BCUT2D eigenvalue weighted by atomic mass is 16.3. The highest BCUT2D eigenvalue weighted by Gasteiger charge is 2.22. The van der Waals surface area contributed by atoms with Crippen LogP contribution in [-0.4, -0.2) is 9.13 Å². The second kappa shape index (κ2) is 11.5. The molecule has 0 radical (unpaired) electrons. The molecule has 4 nitrogen and oxygen atoms in total. The van der Waals surface area contributed by atoms with Crippen LogP contribution in [0, 0.1) is 0 Å². The molecule has 8 aromatic carbocycles. The number of nitrogens with zero attached hydrogens (tertiary/aromatic N) is 2. The number of benzene rings is 8. The fourth-order valence-corrected chi connectivity index (χ4v) is 8.61. The van der Waals surface area contributed by atoms with Crippen LogP contribution in [0.3, 0.4) is 0 Å². The lowest BCUT2D eigenvalue weighted by atomic mass is 9.96. The van der Waals surface area contributed by atoms with Gasteiger partial charge in [0.15, 0.2) is 5.58 Å². The van der Waals surface area contributed by atoms with Gasteiger partial charge in [-0.2, -0.15) is 0 Å². The van der Waals surface area contributed by atoms with Crippen LogP contribution in [0.15, 0.2) is 180 Å². The van der Waals surface area contributed by atoms with Crippen LogP contribution >= 0.6 is 0 Å². The molecule has 11 aromatic rings. The van der Waals surface area contributed by atoms with Crippen molar-refractivity contribution < 1.29 is 4.42 Å². The highest BCUT2D eigenvalue weighted by Crippen LogP contribution is 2.44. The first-order valence-electron chi connectivity index (χ1n) is 18.1. The van der Waals surface area contributed by atoms with Crippen molar-refractivity contribution in [2.24, 2.45) is 0 Å². The van der Waals surface area contributed by atoms with E-state index in [9.17, 15) is 0 Å². The summed E-state index contributed by atoms with van der Waals surface area (Å²) in [5.41, 5.74) is 18.2. The third kappa shape index (κ3) is 4.42. The van der Waals surface area contributed by atoms with Crippen molar-refractivity contribution in [1.29, 1.82) is 0 Å². The second-order valence-corrected chi connectivity index (χ2v) is 13.9. The van der Waals surface area contributed by atoms with Gasteiger partial charge in [0.2, 0.25) is 0 Å². The van der Waals surface area contributed by atoms with Crippen molar-refractivity contribution >= 4 is 87.6 Å². The first-order chi connectivity index (χ1) is 26.2. The van der Waals surface area contributed by atoms with E-state index >= 15 is 0 Å². The minimum atomic E-state index is 0.606. The Morgan fingerprint density at radius 1 is 0.547 bits per heavy atom. The predicted molar refractivity (Wildman–Crippen MR) is 223 cm³/mol. The Kier molecular flexibility index (Phi) is 6.43. The molecule has 0 bridgehead atoms. The van der Waals surface area contributed by atoms with Crippen molar-refractivity contribution in [3.63, 3.8) is 0 Å². The summed E-state index contributed by atoms with van der Waals surface area (Å²) in [6, 6.07) is 60.3. The fourth-order valence-electron chi connectivity index (χ4n) is 8.61. The molecule has 0 fully saturated rings. The molecule has 250 valence electrons. The molecular formula is C49H33N3O. The second-order valence-electron chi connectivity index (χ2n) is 13.9. The molecule has 0 unspecified atom stereocenters. The van der Waals surface area contributed by atoms with Gasteiger partial charge in [0.05, 0.1) is 22.1 Å². The molecule has 0 aliphatic carbocycles. The molecule has 53 heavy (non-hydrogen) atoms. The van der Waals surface area contributed by atoms with E-state index < -0.39 is 0 Å². The Morgan fingerprint density at radius 2 is 1.26 bits per heavy atom. The number of rotatable bonds is 5. The average molecular weight is 680 g/mol. The monoisotopic (exact) mass is 679 g/mol. The standard InChI is InChI=1S/C49H33N3O/c50-42-21-11-9-19-36(42)34(31-13-3-1-4-14-31)27-28-51-44-30-45-41(29-40(44)38-24-25-39-37-20-10-12-22-46(37)53-49(39)48(38)51)47-35-18-8-7-15-32(35)23-26-43(47)52(45)33-16-5-2-6-17-33/h1-27,29-30H,28,50H2/b34-27-. The van der Waals surface area contributed by atoms with Crippen molar-refractivity contribution in [3.8, 4) is 5.69 Å². The van der Waals surface area contributed by atoms with Crippen LogP contribution in [0.4, 0.5) is 5.69 Å². The number of hydrogen-bond acceptors (Lipinski definition) is 2. The quantitative estimate of drug-likeness (QED) is 0.184. The largest absolute Gasteiger partial charge is 0.454 e. The van der Waals surface area contributed by atoms with Crippen LogP contribution in [0.25, 0.3) is 87.6 Å². The lowest BCUT2D eigenvalue weighted by molar-refractivity contribution is 0.669. The van der Waals surface area contributed by atoms with Gasteiger partial charge in [0, 0.05) is 55.8 Å². The number of para-hydroxylation sites is 3. The Balaban J connectivity index is 1.28. The Bertz CT molecular complexity index is 3250. The van der Waals surface area contributed by atoms with Crippen molar-refractivity contribution in [2.75, 3.05) is 5.73 Å². The van der Waals surface area contributed by atoms with Gasteiger partial charge < -0.3 is 19.3 Å². The molecule has 0 aliphatic rings. The lowest BCUT2D eigenvalue weighted by Crippen LogP contribution is -2.00. The summed E-state index contributed by atoms with van der Waals surface area (Å²) >= 11 is 0. The zero-order chi connectivity index (χ0) is 35.0.